The lowest BCUT2D eigenvalue weighted by Gasteiger charge is -2.42. The minimum atomic E-state index is -3.83. The van der Waals surface area contributed by atoms with Gasteiger partial charge in [0.15, 0.2) is 17.2 Å². The van der Waals surface area contributed by atoms with Crippen molar-refractivity contribution in [3.63, 3.8) is 0 Å². The van der Waals surface area contributed by atoms with Crippen molar-refractivity contribution in [2.45, 2.75) is 0 Å². The summed E-state index contributed by atoms with van der Waals surface area (Å²) in [6, 6.07) is 34.5. The van der Waals surface area contributed by atoms with E-state index in [0.29, 0.717) is 39.9 Å². The zero-order valence-electron chi connectivity index (χ0n) is 24.5. The maximum absolute atomic E-state index is 7.48. The molecule has 47 heavy (non-hydrogen) atoms. The van der Waals surface area contributed by atoms with Gasteiger partial charge in [0, 0.05) is 9.21 Å². The molecule has 0 spiro atoms. The summed E-state index contributed by atoms with van der Waals surface area (Å²) < 4.78 is 27.1. The highest BCUT2D eigenvalue weighted by Gasteiger charge is 2.55. The lowest BCUT2D eigenvalue weighted by molar-refractivity contribution is 0.0650. The van der Waals surface area contributed by atoms with Crippen molar-refractivity contribution in [1.29, 1.82) is 0 Å². The normalized spacial score (nSPS) is 19.7. The largest absolute Gasteiger partial charge is 0.438 e. The topological polar surface area (TPSA) is 195 Å². The van der Waals surface area contributed by atoms with Crippen LogP contribution in [0.2, 0.25) is 0 Å². The Bertz CT molecular complexity index is 1940. The van der Waals surface area contributed by atoms with Crippen LogP contribution in [0.25, 0.3) is 0 Å². The standard InChI is InChI=1S/C30H30ClN8O5P3/c31-47(44-30-20-10-5-15-25(30)36)37-45(42-28-18-8-3-13-23(28)34)38(40-26-16-6-1-11-21(26)32)46(43-29-19-9-4-14-24(29)35)39(47)41-27-17-7-2-12-22(27)33/h1-20H,32-36H2. The van der Waals surface area contributed by atoms with Crippen molar-refractivity contribution >= 4 is 63.4 Å². The smallest absolute Gasteiger partial charge is 0.347 e. The number of benzene rings is 5. The molecule has 0 aromatic heterocycles. The molecule has 10 N–H and O–H groups in total. The van der Waals surface area contributed by atoms with Gasteiger partial charge < -0.3 is 51.9 Å². The summed E-state index contributed by atoms with van der Waals surface area (Å²) in [7, 11) is -4.60. The fourth-order valence-corrected chi connectivity index (χ4v) is 12.1. The van der Waals surface area contributed by atoms with E-state index in [1.54, 1.807) is 121 Å². The molecule has 6 rings (SSSR count). The minimum absolute atomic E-state index is 0.244. The average molecular weight is 711 g/mol. The molecule has 0 saturated carbocycles. The predicted molar refractivity (Wildman–Crippen MR) is 190 cm³/mol. The zero-order chi connectivity index (χ0) is 33.0. The van der Waals surface area contributed by atoms with Crippen LogP contribution in [-0.4, -0.2) is 9.21 Å². The molecule has 0 bridgehead atoms. The van der Waals surface area contributed by atoms with Crippen molar-refractivity contribution in [1.82, 2.24) is 9.21 Å². The Balaban J connectivity index is 1.58. The summed E-state index contributed by atoms with van der Waals surface area (Å²) in [6.45, 7) is -3.83. The first-order valence-corrected chi connectivity index (χ1v) is 18.7. The summed E-state index contributed by atoms with van der Waals surface area (Å²) in [5.41, 5.74) is 33.2. The van der Waals surface area contributed by atoms with Gasteiger partial charge in [0.05, 0.1) is 28.4 Å². The van der Waals surface area contributed by atoms with Gasteiger partial charge in [-0.3, -0.25) is 0 Å². The molecule has 13 nitrogen and oxygen atoms in total. The molecule has 0 saturated heterocycles. The Hall–Kier alpha value is -4.60. The van der Waals surface area contributed by atoms with Gasteiger partial charge in [0.1, 0.15) is 11.5 Å². The summed E-state index contributed by atoms with van der Waals surface area (Å²) in [5, 5.41) is 0. The van der Waals surface area contributed by atoms with Crippen LogP contribution in [0.1, 0.15) is 0 Å². The summed E-state index contributed by atoms with van der Waals surface area (Å²) >= 11 is 7.48. The van der Waals surface area contributed by atoms with Crippen LogP contribution >= 0.6 is 34.9 Å². The average Bonchev–Trinajstić information content (AvgIpc) is 3.05. The van der Waals surface area contributed by atoms with Gasteiger partial charge in [-0.15, -0.1) is 0 Å². The van der Waals surface area contributed by atoms with Crippen LogP contribution in [0, 0.1) is 0 Å². The Kier molecular flexibility index (Phi) is 9.66. The van der Waals surface area contributed by atoms with E-state index in [9.17, 15) is 0 Å². The Morgan fingerprint density at radius 2 is 0.894 bits per heavy atom. The number of para-hydroxylation sites is 10. The molecule has 17 heteroatoms. The number of anilines is 5. The van der Waals surface area contributed by atoms with E-state index < -0.39 is 23.7 Å². The van der Waals surface area contributed by atoms with Gasteiger partial charge in [-0.1, -0.05) is 60.7 Å². The van der Waals surface area contributed by atoms with Crippen molar-refractivity contribution in [2.24, 2.45) is 4.52 Å². The first-order valence-electron chi connectivity index (χ1n) is 13.9. The lowest BCUT2D eigenvalue weighted by Crippen LogP contribution is -2.35. The van der Waals surface area contributed by atoms with Crippen LogP contribution in [0.15, 0.2) is 126 Å². The van der Waals surface area contributed by atoms with Gasteiger partial charge in [-0.2, -0.15) is 4.52 Å². The van der Waals surface area contributed by atoms with E-state index in [0.717, 1.165) is 0 Å². The van der Waals surface area contributed by atoms with Gasteiger partial charge in [-0.05, 0) is 71.9 Å². The third kappa shape index (κ3) is 7.21. The molecule has 0 radical (unpaired) electrons. The van der Waals surface area contributed by atoms with E-state index in [2.05, 4.69) is 0 Å². The molecule has 1 aliphatic heterocycles. The number of hydrogen-bond donors (Lipinski definition) is 5. The minimum Gasteiger partial charge on any atom is -0.438 e. The Labute approximate surface area is 278 Å². The molecule has 3 unspecified atom stereocenters. The maximum Gasteiger partial charge on any atom is 0.347 e. The molecule has 5 aromatic carbocycles. The second-order valence-corrected chi connectivity index (χ2v) is 16.3. The van der Waals surface area contributed by atoms with E-state index >= 15 is 0 Å². The quantitative estimate of drug-likeness (QED) is 0.0687. The highest BCUT2D eigenvalue weighted by molar-refractivity contribution is 7.94. The highest BCUT2D eigenvalue weighted by atomic mass is 35.7. The van der Waals surface area contributed by atoms with E-state index in [-0.39, 0.29) is 17.2 Å². The highest BCUT2D eigenvalue weighted by Crippen LogP contribution is 2.80. The molecule has 1 aliphatic rings. The van der Waals surface area contributed by atoms with E-state index in [1.807, 2.05) is 0 Å². The number of nitrogens with zero attached hydrogens (tertiary/aromatic N) is 3. The molecule has 242 valence electrons. The summed E-state index contributed by atoms with van der Waals surface area (Å²) in [6.07, 6.45) is 0. The van der Waals surface area contributed by atoms with Crippen LogP contribution < -0.4 is 51.9 Å². The van der Waals surface area contributed by atoms with Gasteiger partial charge >= 0.3 is 23.7 Å². The van der Waals surface area contributed by atoms with Crippen LogP contribution in [0.5, 0.6) is 28.7 Å². The SMILES string of the molecule is Nc1ccccc1ON1P(Oc2ccccc2N)N=P(Cl)(Oc2ccccc2N)N(Oc2ccccc2N)P1Oc1ccccc1N. The van der Waals surface area contributed by atoms with Gasteiger partial charge in [-0.25, -0.2) is 0 Å². The third-order valence-electron chi connectivity index (χ3n) is 6.37. The third-order valence-corrected chi connectivity index (χ3v) is 14.3. The van der Waals surface area contributed by atoms with Crippen molar-refractivity contribution in [3.8, 4) is 28.7 Å². The molecule has 5 aromatic rings. The molecule has 0 amide bonds. The number of nitrogens with two attached hydrogens (primary N) is 5. The molecule has 0 aliphatic carbocycles. The van der Waals surface area contributed by atoms with Crippen LogP contribution in [0.3, 0.4) is 0 Å². The van der Waals surface area contributed by atoms with Gasteiger partial charge in [0.25, 0.3) is 0 Å². The Morgan fingerprint density at radius 1 is 0.511 bits per heavy atom. The second kappa shape index (κ2) is 14.0. The number of halogens is 1. The van der Waals surface area contributed by atoms with Crippen LogP contribution in [-0.2, 0) is 0 Å². The predicted octanol–water partition coefficient (Wildman–Crippen LogP) is 8.38. The monoisotopic (exact) mass is 710 g/mol. The lowest BCUT2D eigenvalue weighted by atomic mass is 10.3. The Morgan fingerprint density at radius 3 is 1.36 bits per heavy atom. The second-order valence-electron chi connectivity index (χ2n) is 9.72. The first kappa shape index (κ1) is 32.3. The molecular formula is C30H30ClN8O5P3. The zero-order valence-corrected chi connectivity index (χ0v) is 28.0. The molecule has 1 heterocycles. The number of hydrogen-bond acceptors (Lipinski definition) is 13. The van der Waals surface area contributed by atoms with Crippen molar-refractivity contribution in [2.75, 3.05) is 28.7 Å². The number of rotatable bonds is 10. The molecule has 3 atom stereocenters. The molecule has 0 fully saturated rings. The summed E-state index contributed by atoms with van der Waals surface area (Å²) in [4.78, 5) is 12.9. The maximum atomic E-state index is 7.48. The molecular weight excluding hydrogens is 681 g/mol. The summed E-state index contributed by atoms with van der Waals surface area (Å²) in [5.74, 6) is 1.38. The first-order chi connectivity index (χ1) is 22.7. The fourth-order valence-electron chi connectivity index (χ4n) is 4.01. The van der Waals surface area contributed by atoms with Crippen molar-refractivity contribution < 1.29 is 23.2 Å². The van der Waals surface area contributed by atoms with E-state index in [1.165, 1.54) is 9.21 Å². The number of nitrogen functional groups attached to an aromatic ring is 5. The van der Waals surface area contributed by atoms with E-state index in [4.69, 9.17) is 67.7 Å². The van der Waals surface area contributed by atoms with Crippen LogP contribution in [0.4, 0.5) is 28.4 Å². The van der Waals surface area contributed by atoms with Crippen molar-refractivity contribution in [3.05, 3.63) is 121 Å². The fraction of sp³-hybridized carbons (Fsp3) is 0. The van der Waals surface area contributed by atoms with Gasteiger partial charge in [0.2, 0.25) is 0 Å².